The van der Waals surface area contributed by atoms with Crippen molar-refractivity contribution in [2.45, 2.75) is 44.7 Å². The smallest absolute Gasteiger partial charge is 0.166 e. The first-order valence-corrected chi connectivity index (χ1v) is 6.48. The van der Waals surface area contributed by atoms with Crippen molar-refractivity contribution < 1.29 is 0 Å². The maximum absolute atomic E-state index is 5.27. The van der Waals surface area contributed by atoms with Crippen molar-refractivity contribution in [3.05, 3.63) is 0 Å². The van der Waals surface area contributed by atoms with E-state index in [1.165, 1.54) is 45.3 Å². The van der Waals surface area contributed by atoms with Crippen LogP contribution in [0, 0.1) is 0 Å². The molecule has 0 aromatic rings. The standard InChI is InChI=1S/C11H21N3S/c1-2-14-7-5-10(6-8-14)13-11(15)12-9-3-4-9/h9-10H,2-8H2,1H3,(H2,12,13,15). The molecule has 1 heterocycles. The van der Waals surface area contributed by atoms with Crippen molar-refractivity contribution in [2.24, 2.45) is 0 Å². The molecule has 0 spiro atoms. The van der Waals surface area contributed by atoms with E-state index in [2.05, 4.69) is 22.5 Å². The van der Waals surface area contributed by atoms with Crippen molar-refractivity contribution in [1.82, 2.24) is 15.5 Å². The van der Waals surface area contributed by atoms with E-state index in [0.717, 1.165) is 5.11 Å². The van der Waals surface area contributed by atoms with Crippen LogP contribution in [0.2, 0.25) is 0 Å². The van der Waals surface area contributed by atoms with Gasteiger partial charge in [-0.25, -0.2) is 0 Å². The molecule has 86 valence electrons. The third-order valence-electron chi connectivity index (χ3n) is 3.28. The van der Waals surface area contributed by atoms with Crippen molar-refractivity contribution in [3.8, 4) is 0 Å². The van der Waals surface area contributed by atoms with Gasteiger partial charge in [0.25, 0.3) is 0 Å². The molecule has 1 saturated carbocycles. The largest absolute Gasteiger partial charge is 0.360 e. The van der Waals surface area contributed by atoms with Gasteiger partial charge in [-0.15, -0.1) is 0 Å². The maximum atomic E-state index is 5.27. The van der Waals surface area contributed by atoms with Crippen LogP contribution in [0.3, 0.4) is 0 Å². The molecule has 4 heteroatoms. The summed E-state index contributed by atoms with van der Waals surface area (Å²) in [7, 11) is 0. The Morgan fingerprint density at radius 1 is 1.13 bits per heavy atom. The van der Waals surface area contributed by atoms with E-state index in [0.29, 0.717) is 12.1 Å². The first kappa shape index (κ1) is 11.1. The number of nitrogens with one attached hydrogen (secondary N) is 2. The molecule has 0 unspecified atom stereocenters. The van der Waals surface area contributed by atoms with Crippen LogP contribution in [-0.2, 0) is 0 Å². The predicted octanol–water partition coefficient (Wildman–Crippen LogP) is 1.10. The van der Waals surface area contributed by atoms with E-state index < -0.39 is 0 Å². The van der Waals surface area contributed by atoms with E-state index in [1.807, 2.05) is 0 Å². The van der Waals surface area contributed by atoms with Crippen LogP contribution in [0.1, 0.15) is 32.6 Å². The van der Waals surface area contributed by atoms with Crippen molar-refractivity contribution in [3.63, 3.8) is 0 Å². The van der Waals surface area contributed by atoms with E-state index in [1.54, 1.807) is 0 Å². The van der Waals surface area contributed by atoms with Gasteiger partial charge >= 0.3 is 0 Å². The lowest BCUT2D eigenvalue weighted by molar-refractivity contribution is 0.216. The number of nitrogens with zero attached hydrogens (tertiary/aromatic N) is 1. The van der Waals surface area contributed by atoms with Gasteiger partial charge in [0, 0.05) is 25.2 Å². The van der Waals surface area contributed by atoms with Crippen LogP contribution in [0.25, 0.3) is 0 Å². The average molecular weight is 227 g/mol. The molecule has 15 heavy (non-hydrogen) atoms. The molecular formula is C11H21N3S. The molecule has 2 rings (SSSR count). The Morgan fingerprint density at radius 2 is 1.67 bits per heavy atom. The van der Waals surface area contributed by atoms with Gasteiger partial charge in [0.15, 0.2) is 5.11 Å². The zero-order chi connectivity index (χ0) is 10.7. The molecule has 1 saturated heterocycles. The quantitative estimate of drug-likeness (QED) is 0.706. The van der Waals surface area contributed by atoms with Gasteiger partial charge in [-0.3, -0.25) is 0 Å². The topological polar surface area (TPSA) is 27.3 Å². The summed E-state index contributed by atoms with van der Waals surface area (Å²) in [6.07, 6.45) is 5.02. The van der Waals surface area contributed by atoms with E-state index in [-0.39, 0.29) is 0 Å². The molecule has 1 aliphatic carbocycles. The summed E-state index contributed by atoms with van der Waals surface area (Å²) in [5.74, 6) is 0. The van der Waals surface area contributed by atoms with Crippen molar-refractivity contribution in [2.75, 3.05) is 19.6 Å². The Hall–Kier alpha value is -0.350. The lowest BCUT2D eigenvalue weighted by Crippen LogP contribution is -2.48. The Kier molecular flexibility index (Phi) is 3.81. The summed E-state index contributed by atoms with van der Waals surface area (Å²) in [6.45, 7) is 5.82. The maximum Gasteiger partial charge on any atom is 0.166 e. The van der Waals surface area contributed by atoms with Gasteiger partial charge in [0.05, 0.1) is 0 Å². The highest BCUT2D eigenvalue weighted by Crippen LogP contribution is 2.18. The van der Waals surface area contributed by atoms with E-state index >= 15 is 0 Å². The minimum Gasteiger partial charge on any atom is -0.360 e. The molecule has 0 amide bonds. The number of piperidine rings is 1. The number of hydrogen-bond acceptors (Lipinski definition) is 2. The Bertz CT molecular complexity index is 220. The minimum absolute atomic E-state index is 0.589. The summed E-state index contributed by atoms with van der Waals surface area (Å²) < 4.78 is 0. The predicted molar refractivity (Wildman–Crippen MR) is 67.0 cm³/mol. The SMILES string of the molecule is CCN1CCC(NC(=S)NC2CC2)CC1. The lowest BCUT2D eigenvalue weighted by Gasteiger charge is -2.32. The molecule has 1 aliphatic heterocycles. The number of likely N-dealkylation sites (tertiary alicyclic amines) is 1. The number of thiocarbonyl (C=S) groups is 1. The fraction of sp³-hybridized carbons (Fsp3) is 0.909. The summed E-state index contributed by atoms with van der Waals surface area (Å²) in [4.78, 5) is 2.50. The van der Waals surface area contributed by atoms with Gasteiger partial charge < -0.3 is 15.5 Å². The minimum atomic E-state index is 0.589. The third-order valence-corrected chi connectivity index (χ3v) is 3.52. The first-order valence-electron chi connectivity index (χ1n) is 6.07. The van der Waals surface area contributed by atoms with E-state index in [4.69, 9.17) is 12.2 Å². The van der Waals surface area contributed by atoms with Crippen LogP contribution in [0.15, 0.2) is 0 Å². The number of rotatable bonds is 3. The molecular weight excluding hydrogens is 206 g/mol. The second-order valence-corrected chi connectivity index (χ2v) is 5.01. The molecule has 3 nitrogen and oxygen atoms in total. The van der Waals surface area contributed by atoms with Crippen LogP contribution < -0.4 is 10.6 Å². The average Bonchev–Trinajstić information content (AvgIpc) is 3.03. The summed E-state index contributed by atoms with van der Waals surface area (Å²) in [5, 5.41) is 7.63. The monoisotopic (exact) mass is 227 g/mol. The number of hydrogen-bond donors (Lipinski definition) is 2. The highest BCUT2D eigenvalue weighted by atomic mass is 32.1. The molecule has 0 aromatic carbocycles. The van der Waals surface area contributed by atoms with Crippen molar-refractivity contribution >= 4 is 17.3 Å². The van der Waals surface area contributed by atoms with Gasteiger partial charge in [-0.2, -0.15) is 0 Å². The highest BCUT2D eigenvalue weighted by molar-refractivity contribution is 7.80. The molecule has 0 aromatic heterocycles. The molecule has 0 radical (unpaired) electrons. The van der Waals surface area contributed by atoms with Crippen LogP contribution >= 0.6 is 12.2 Å². The van der Waals surface area contributed by atoms with E-state index in [9.17, 15) is 0 Å². The highest BCUT2D eigenvalue weighted by Gasteiger charge is 2.23. The normalized spacial score (nSPS) is 23.8. The lowest BCUT2D eigenvalue weighted by atomic mass is 10.1. The van der Waals surface area contributed by atoms with Crippen LogP contribution in [0.5, 0.6) is 0 Å². The second kappa shape index (κ2) is 5.12. The van der Waals surface area contributed by atoms with Crippen LogP contribution in [-0.4, -0.2) is 41.7 Å². The zero-order valence-corrected chi connectivity index (χ0v) is 10.3. The van der Waals surface area contributed by atoms with Gasteiger partial charge in [0.2, 0.25) is 0 Å². The van der Waals surface area contributed by atoms with Gasteiger partial charge in [-0.1, -0.05) is 6.92 Å². The van der Waals surface area contributed by atoms with Gasteiger partial charge in [-0.05, 0) is 44.4 Å². The molecule has 2 aliphatic rings. The fourth-order valence-electron chi connectivity index (χ4n) is 2.03. The summed E-state index contributed by atoms with van der Waals surface area (Å²) in [5.41, 5.74) is 0. The zero-order valence-electron chi connectivity index (χ0n) is 9.46. The molecule has 2 fully saturated rings. The Balaban J connectivity index is 1.64. The summed E-state index contributed by atoms with van der Waals surface area (Å²) >= 11 is 5.27. The second-order valence-electron chi connectivity index (χ2n) is 4.60. The Labute approximate surface area is 97.6 Å². The molecule has 0 atom stereocenters. The van der Waals surface area contributed by atoms with Gasteiger partial charge in [0.1, 0.15) is 0 Å². The molecule has 0 bridgehead atoms. The summed E-state index contributed by atoms with van der Waals surface area (Å²) in [6, 6.07) is 1.26. The fourth-order valence-corrected chi connectivity index (χ4v) is 2.37. The van der Waals surface area contributed by atoms with Crippen molar-refractivity contribution in [1.29, 1.82) is 0 Å². The first-order chi connectivity index (χ1) is 7.28. The molecule has 2 N–H and O–H groups in total. The van der Waals surface area contributed by atoms with Crippen LogP contribution in [0.4, 0.5) is 0 Å². The Morgan fingerprint density at radius 3 is 2.13 bits per heavy atom. The third kappa shape index (κ3) is 3.61.